The van der Waals surface area contributed by atoms with Crippen molar-refractivity contribution in [2.45, 2.75) is 6.54 Å². The van der Waals surface area contributed by atoms with Gasteiger partial charge in [0, 0.05) is 22.0 Å². The molecule has 0 aliphatic carbocycles. The highest BCUT2D eigenvalue weighted by molar-refractivity contribution is 6.35. The van der Waals surface area contributed by atoms with E-state index >= 15 is 0 Å². The number of anilines is 3. The van der Waals surface area contributed by atoms with Crippen LogP contribution in [0.1, 0.15) is 5.56 Å². The van der Waals surface area contributed by atoms with Crippen LogP contribution in [0.25, 0.3) is 10.9 Å². The highest BCUT2D eigenvalue weighted by Gasteiger charge is 2.10. The second kappa shape index (κ2) is 8.23. The van der Waals surface area contributed by atoms with Crippen molar-refractivity contribution in [2.75, 3.05) is 10.6 Å². The van der Waals surface area contributed by atoms with Crippen LogP contribution in [0.5, 0.6) is 0 Å². The van der Waals surface area contributed by atoms with Crippen LogP contribution in [-0.4, -0.2) is 9.97 Å². The smallest absolute Gasteiger partial charge is 0.229 e. The van der Waals surface area contributed by atoms with Gasteiger partial charge in [0.2, 0.25) is 5.95 Å². The third-order valence-electron chi connectivity index (χ3n) is 4.18. The molecule has 0 spiro atoms. The molecule has 0 unspecified atom stereocenters. The summed E-state index contributed by atoms with van der Waals surface area (Å²) in [5.74, 6) is 1.12. The molecule has 0 bridgehead atoms. The minimum absolute atomic E-state index is 0.421. The minimum Gasteiger partial charge on any atom is -0.365 e. The summed E-state index contributed by atoms with van der Waals surface area (Å²) in [6.07, 6.45) is 0. The van der Waals surface area contributed by atoms with Crippen molar-refractivity contribution in [1.82, 2.24) is 9.97 Å². The predicted molar refractivity (Wildman–Crippen MR) is 118 cm³/mol. The van der Waals surface area contributed by atoms with Gasteiger partial charge in [0.05, 0.1) is 16.2 Å². The highest BCUT2D eigenvalue weighted by Crippen LogP contribution is 2.29. The Balaban J connectivity index is 1.69. The first-order valence-corrected chi connectivity index (χ1v) is 9.70. The summed E-state index contributed by atoms with van der Waals surface area (Å²) in [4.78, 5) is 9.22. The average molecular weight is 430 g/mol. The number of halogens is 3. The summed E-state index contributed by atoms with van der Waals surface area (Å²) >= 11 is 18.6. The summed E-state index contributed by atoms with van der Waals surface area (Å²) in [5, 5.41) is 9.24. The third kappa shape index (κ3) is 4.14. The van der Waals surface area contributed by atoms with E-state index in [0.717, 1.165) is 16.5 Å². The lowest BCUT2D eigenvalue weighted by Crippen LogP contribution is -2.06. The molecule has 1 heterocycles. The molecule has 0 aliphatic heterocycles. The molecule has 0 atom stereocenters. The van der Waals surface area contributed by atoms with Crippen LogP contribution in [-0.2, 0) is 6.54 Å². The number of nitrogens with one attached hydrogen (secondary N) is 2. The van der Waals surface area contributed by atoms with E-state index in [1.165, 1.54) is 0 Å². The van der Waals surface area contributed by atoms with E-state index in [4.69, 9.17) is 34.8 Å². The fourth-order valence-electron chi connectivity index (χ4n) is 2.80. The summed E-state index contributed by atoms with van der Waals surface area (Å²) in [5.41, 5.74) is 2.43. The SMILES string of the molecule is Clc1ccc(Cl)c(Nc2nc(NCc3ccccc3Cl)c3ccccc3n2)c1. The van der Waals surface area contributed by atoms with Crippen LogP contribution in [0, 0.1) is 0 Å². The number of hydrogen-bond acceptors (Lipinski definition) is 4. The lowest BCUT2D eigenvalue weighted by molar-refractivity contribution is 1.10. The Morgan fingerprint density at radius 3 is 2.43 bits per heavy atom. The van der Waals surface area contributed by atoms with E-state index in [2.05, 4.69) is 20.6 Å². The Morgan fingerprint density at radius 2 is 1.57 bits per heavy atom. The number of benzene rings is 3. The average Bonchev–Trinajstić information content (AvgIpc) is 2.70. The van der Waals surface area contributed by atoms with Gasteiger partial charge in [-0.25, -0.2) is 4.98 Å². The summed E-state index contributed by atoms with van der Waals surface area (Å²) < 4.78 is 0. The number of nitrogens with zero attached hydrogens (tertiary/aromatic N) is 2. The van der Waals surface area contributed by atoms with Gasteiger partial charge >= 0.3 is 0 Å². The molecule has 4 aromatic rings. The Kier molecular flexibility index (Phi) is 5.53. The van der Waals surface area contributed by atoms with Gasteiger partial charge in [0.25, 0.3) is 0 Å². The molecule has 0 fully saturated rings. The summed E-state index contributed by atoms with van der Waals surface area (Å²) in [6.45, 7) is 0.540. The van der Waals surface area contributed by atoms with Crippen LogP contribution in [0.4, 0.5) is 17.5 Å². The first kappa shape index (κ1) is 18.8. The van der Waals surface area contributed by atoms with Crippen LogP contribution in [0.15, 0.2) is 66.7 Å². The van der Waals surface area contributed by atoms with Crippen LogP contribution < -0.4 is 10.6 Å². The Hall–Kier alpha value is -2.53. The number of fused-ring (bicyclic) bond motifs is 1. The normalized spacial score (nSPS) is 10.8. The Bertz CT molecular complexity index is 1150. The number of aromatic nitrogens is 2. The highest BCUT2D eigenvalue weighted by atomic mass is 35.5. The quantitative estimate of drug-likeness (QED) is 0.360. The minimum atomic E-state index is 0.421. The topological polar surface area (TPSA) is 49.8 Å². The zero-order valence-corrected chi connectivity index (χ0v) is 16.9. The van der Waals surface area contributed by atoms with E-state index in [1.807, 2.05) is 48.5 Å². The number of rotatable bonds is 5. The summed E-state index contributed by atoms with van der Waals surface area (Å²) in [6, 6.07) is 20.7. The maximum atomic E-state index is 6.27. The van der Waals surface area contributed by atoms with Gasteiger partial charge in [-0.15, -0.1) is 0 Å². The molecule has 28 heavy (non-hydrogen) atoms. The maximum absolute atomic E-state index is 6.27. The van der Waals surface area contributed by atoms with E-state index in [-0.39, 0.29) is 0 Å². The van der Waals surface area contributed by atoms with Gasteiger partial charge in [0.1, 0.15) is 5.82 Å². The molecule has 0 saturated carbocycles. The van der Waals surface area contributed by atoms with Crippen LogP contribution >= 0.6 is 34.8 Å². The third-order valence-corrected chi connectivity index (χ3v) is 5.12. The van der Waals surface area contributed by atoms with E-state index in [1.54, 1.807) is 18.2 Å². The summed E-state index contributed by atoms with van der Waals surface area (Å²) in [7, 11) is 0. The molecule has 0 saturated heterocycles. The van der Waals surface area contributed by atoms with Crippen LogP contribution in [0.2, 0.25) is 15.1 Å². The molecular weight excluding hydrogens is 415 g/mol. The van der Waals surface area contributed by atoms with Crippen molar-refractivity contribution in [2.24, 2.45) is 0 Å². The molecule has 2 N–H and O–H groups in total. The molecule has 3 aromatic carbocycles. The first-order valence-electron chi connectivity index (χ1n) is 8.56. The van der Waals surface area contributed by atoms with Crippen molar-refractivity contribution in [3.8, 4) is 0 Å². The van der Waals surface area contributed by atoms with Gasteiger partial charge in [-0.1, -0.05) is 65.1 Å². The molecule has 140 valence electrons. The molecule has 7 heteroatoms. The van der Waals surface area contributed by atoms with E-state index < -0.39 is 0 Å². The Labute approximate surface area is 177 Å². The number of hydrogen-bond donors (Lipinski definition) is 2. The molecule has 4 rings (SSSR count). The zero-order chi connectivity index (χ0) is 19.5. The van der Waals surface area contributed by atoms with Crippen molar-refractivity contribution >= 4 is 63.2 Å². The second-order valence-electron chi connectivity index (χ2n) is 6.11. The van der Waals surface area contributed by atoms with Gasteiger partial charge in [-0.3, -0.25) is 0 Å². The van der Waals surface area contributed by atoms with E-state index in [0.29, 0.717) is 39.1 Å². The lowest BCUT2D eigenvalue weighted by Gasteiger charge is -2.13. The fraction of sp³-hybridized carbons (Fsp3) is 0.0476. The van der Waals surface area contributed by atoms with Gasteiger partial charge in [-0.2, -0.15) is 4.98 Å². The van der Waals surface area contributed by atoms with E-state index in [9.17, 15) is 0 Å². The predicted octanol–water partition coefficient (Wildman–Crippen LogP) is 6.95. The van der Waals surface area contributed by atoms with Gasteiger partial charge in [0.15, 0.2) is 0 Å². The largest absolute Gasteiger partial charge is 0.365 e. The van der Waals surface area contributed by atoms with Gasteiger partial charge < -0.3 is 10.6 Å². The molecular formula is C21H15Cl3N4. The maximum Gasteiger partial charge on any atom is 0.229 e. The molecule has 0 amide bonds. The van der Waals surface area contributed by atoms with Crippen molar-refractivity contribution in [3.63, 3.8) is 0 Å². The molecule has 0 radical (unpaired) electrons. The van der Waals surface area contributed by atoms with Gasteiger partial charge in [-0.05, 0) is 42.0 Å². The lowest BCUT2D eigenvalue weighted by atomic mass is 10.2. The monoisotopic (exact) mass is 428 g/mol. The fourth-order valence-corrected chi connectivity index (χ4v) is 3.34. The number of para-hydroxylation sites is 1. The second-order valence-corrected chi connectivity index (χ2v) is 7.36. The van der Waals surface area contributed by atoms with Crippen molar-refractivity contribution in [1.29, 1.82) is 0 Å². The molecule has 4 nitrogen and oxygen atoms in total. The molecule has 0 aliphatic rings. The first-order chi connectivity index (χ1) is 13.6. The van der Waals surface area contributed by atoms with Crippen molar-refractivity contribution < 1.29 is 0 Å². The zero-order valence-electron chi connectivity index (χ0n) is 14.6. The van der Waals surface area contributed by atoms with Crippen LogP contribution in [0.3, 0.4) is 0 Å². The Morgan fingerprint density at radius 1 is 0.786 bits per heavy atom. The standard InChI is InChI=1S/C21H15Cl3N4/c22-14-9-10-17(24)19(11-14)27-21-26-18-8-4-2-6-15(18)20(28-21)25-12-13-5-1-3-7-16(13)23/h1-11H,12H2,(H2,25,26,27,28). The van der Waals surface area contributed by atoms with Crippen molar-refractivity contribution in [3.05, 3.63) is 87.4 Å². The molecule has 1 aromatic heterocycles.